The molecular weight excluding hydrogens is 330 g/mol. The van der Waals surface area contributed by atoms with E-state index in [4.69, 9.17) is 0 Å². The average molecular weight is 353 g/mol. The number of hydrogen-bond donors (Lipinski definition) is 0. The zero-order chi connectivity index (χ0) is 18.7. The molecule has 1 fully saturated rings. The lowest BCUT2D eigenvalue weighted by Crippen LogP contribution is -2.48. The Bertz CT molecular complexity index is 827. The number of nitro groups is 1. The van der Waals surface area contributed by atoms with Gasteiger partial charge in [-0.25, -0.2) is 0 Å². The van der Waals surface area contributed by atoms with Crippen molar-refractivity contribution in [3.8, 4) is 0 Å². The van der Waals surface area contributed by atoms with Gasteiger partial charge in [-0.2, -0.15) is 0 Å². The van der Waals surface area contributed by atoms with Gasteiger partial charge in [0.1, 0.15) is 0 Å². The van der Waals surface area contributed by atoms with Crippen molar-refractivity contribution in [3.63, 3.8) is 0 Å². The molecule has 3 rings (SSSR count). The number of carbonyl (C=O) groups excluding carboxylic acids is 1. The van der Waals surface area contributed by atoms with Gasteiger partial charge < -0.3 is 4.90 Å². The van der Waals surface area contributed by atoms with Gasteiger partial charge in [-0.3, -0.25) is 19.8 Å². The topological polar surface area (TPSA) is 66.7 Å². The highest BCUT2D eigenvalue weighted by Gasteiger charge is 2.24. The quantitative estimate of drug-likeness (QED) is 0.625. The zero-order valence-electron chi connectivity index (χ0n) is 15.1. The lowest BCUT2D eigenvalue weighted by molar-refractivity contribution is -0.385. The number of benzene rings is 2. The molecule has 0 radical (unpaired) electrons. The standard InChI is InChI=1S/C20H23N3O3/c1-15-4-3-5-17(12-15)14-21-8-10-22(11-9-21)20(24)18-7-6-16(2)19(13-18)23(25)26/h3-7,12-13H,8-11,14H2,1-2H3. The Kier molecular flexibility index (Phi) is 5.32. The predicted octanol–water partition coefficient (Wildman–Crippen LogP) is 3.17. The molecule has 1 amide bonds. The number of amides is 1. The molecule has 1 saturated heterocycles. The summed E-state index contributed by atoms with van der Waals surface area (Å²) in [5.41, 5.74) is 3.47. The molecule has 2 aromatic rings. The number of piperazine rings is 1. The van der Waals surface area contributed by atoms with Crippen LogP contribution in [0.3, 0.4) is 0 Å². The highest BCUT2D eigenvalue weighted by Crippen LogP contribution is 2.21. The molecule has 0 atom stereocenters. The molecule has 6 nitrogen and oxygen atoms in total. The van der Waals surface area contributed by atoms with Crippen molar-refractivity contribution < 1.29 is 9.72 Å². The summed E-state index contributed by atoms with van der Waals surface area (Å²) in [6, 6.07) is 13.1. The average Bonchev–Trinajstić information content (AvgIpc) is 2.62. The Labute approximate surface area is 153 Å². The minimum Gasteiger partial charge on any atom is -0.336 e. The second-order valence-corrected chi connectivity index (χ2v) is 6.82. The summed E-state index contributed by atoms with van der Waals surface area (Å²) in [6.45, 7) is 7.50. The van der Waals surface area contributed by atoms with Gasteiger partial charge in [-0.1, -0.05) is 35.9 Å². The highest BCUT2D eigenvalue weighted by atomic mass is 16.6. The molecule has 0 spiro atoms. The highest BCUT2D eigenvalue weighted by molar-refractivity contribution is 5.95. The fourth-order valence-corrected chi connectivity index (χ4v) is 3.30. The van der Waals surface area contributed by atoms with Crippen LogP contribution < -0.4 is 0 Å². The second kappa shape index (κ2) is 7.66. The van der Waals surface area contributed by atoms with Gasteiger partial charge >= 0.3 is 0 Å². The van der Waals surface area contributed by atoms with E-state index in [0.29, 0.717) is 24.2 Å². The summed E-state index contributed by atoms with van der Waals surface area (Å²) in [7, 11) is 0. The summed E-state index contributed by atoms with van der Waals surface area (Å²) in [6.07, 6.45) is 0. The van der Waals surface area contributed by atoms with Crippen molar-refractivity contribution in [2.75, 3.05) is 26.2 Å². The molecular formula is C20H23N3O3. The van der Waals surface area contributed by atoms with Gasteiger partial charge in [-0.15, -0.1) is 0 Å². The molecule has 1 heterocycles. The third-order valence-electron chi connectivity index (χ3n) is 4.80. The Hall–Kier alpha value is -2.73. The molecule has 0 bridgehead atoms. The minimum atomic E-state index is -0.439. The zero-order valence-corrected chi connectivity index (χ0v) is 15.1. The Balaban J connectivity index is 1.62. The molecule has 0 unspecified atom stereocenters. The van der Waals surface area contributed by atoms with Gasteiger partial charge in [0.15, 0.2) is 0 Å². The Morgan fingerprint density at radius 1 is 1.08 bits per heavy atom. The fraction of sp³-hybridized carbons (Fsp3) is 0.350. The number of aryl methyl sites for hydroxylation is 2. The second-order valence-electron chi connectivity index (χ2n) is 6.82. The third kappa shape index (κ3) is 4.08. The first-order valence-corrected chi connectivity index (χ1v) is 8.76. The van der Waals surface area contributed by atoms with Crippen LogP contribution in [0.25, 0.3) is 0 Å². The van der Waals surface area contributed by atoms with E-state index in [0.717, 1.165) is 19.6 Å². The van der Waals surface area contributed by atoms with Crippen LogP contribution in [0.4, 0.5) is 5.69 Å². The van der Waals surface area contributed by atoms with E-state index >= 15 is 0 Å². The van der Waals surface area contributed by atoms with Crippen molar-refractivity contribution >= 4 is 11.6 Å². The maximum atomic E-state index is 12.7. The normalized spacial score (nSPS) is 15.1. The summed E-state index contributed by atoms with van der Waals surface area (Å²) >= 11 is 0. The van der Waals surface area contributed by atoms with Crippen molar-refractivity contribution in [3.05, 3.63) is 74.8 Å². The summed E-state index contributed by atoms with van der Waals surface area (Å²) in [5, 5.41) is 11.1. The van der Waals surface area contributed by atoms with Gasteiger partial charge in [0.2, 0.25) is 0 Å². The Morgan fingerprint density at radius 2 is 1.81 bits per heavy atom. The van der Waals surface area contributed by atoms with Crippen LogP contribution in [0.5, 0.6) is 0 Å². The van der Waals surface area contributed by atoms with Gasteiger partial charge in [0, 0.05) is 49.9 Å². The van der Waals surface area contributed by atoms with E-state index in [1.165, 1.54) is 17.2 Å². The summed E-state index contributed by atoms with van der Waals surface area (Å²) < 4.78 is 0. The minimum absolute atomic E-state index is 0.00562. The maximum absolute atomic E-state index is 12.7. The van der Waals surface area contributed by atoms with E-state index in [1.807, 2.05) is 0 Å². The molecule has 1 aliphatic rings. The van der Waals surface area contributed by atoms with E-state index in [9.17, 15) is 14.9 Å². The molecule has 0 aliphatic carbocycles. The van der Waals surface area contributed by atoms with Crippen molar-refractivity contribution in [1.29, 1.82) is 0 Å². The Morgan fingerprint density at radius 3 is 2.46 bits per heavy atom. The van der Waals surface area contributed by atoms with Crippen molar-refractivity contribution in [2.45, 2.75) is 20.4 Å². The molecule has 0 N–H and O–H groups in total. The first-order valence-electron chi connectivity index (χ1n) is 8.76. The molecule has 0 saturated carbocycles. The lowest BCUT2D eigenvalue weighted by Gasteiger charge is -2.34. The third-order valence-corrected chi connectivity index (χ3v) is 4.80. The lowest BCUT2D eigenvalue weighted by atomic mass is 10.1. The number of rotatable bonds is 4. The van der Waals surface area contributed by atoms with Gasteiger partial charge in [0.25, 0.3) is 11.6 Å². The van der Waals surface area contributed by atoms with Crippen LogP contribution in [-0.2, 0) is 6.54 Å². The number of nitrogens with zero attached hydrogens (tertiary/aromatic N) is 3. The first-order chi connectivity index (χ1) is 12.4. The van der Waals surface area contributed by atoms with E-state index in [1.54, 1.807) is 24.0 Å². The van der Waals surface area contributed by atoms with E-state index in [2.05, 4.69) is 36.1 Å². The van der Waals surface area contributed by atoms with Crippen molar-refractivity contribution in [1.82, 2.24) is 9.80 Å². The monoisotopic (exact) mass is 353 g/mol. The predicted molar refractivity (Wildman–Crippen MR) is 100 cm³/mol. The fourth-order valence-electron chi connectivity index (χ4n) is 3.30. The number of carbonyl (C=O) groups is 1. The maximum Gasteiger partial charge on any atom is 0.273 e. The van der Waals surface area contributed by atoms with E-state index in [-0.39, 0.29) is 11.6 Å². The SMILES string of the molecule is Cc1cccc(CN2CCN(C(=O)c3ccc(C)c([N+](=O)[O-])c3)CC2)c1. The van der Waals surface area contributed by atoms with Crippen LogP contribution in [-0.4, -0.2) is 46.8 Å². The van der Waals surface area contributed by atoms with Gasteiger partial charge in [0.05, 0.1) is 4.92 Å². The molecule has 26 heavy (non-hydrogen) atoms. The van der Waals surface area contributed by atoms with E-state index < -0.39 is 4.92 Å². The molecule has 0 aromatic heterocycles. The van der Waals surface area contributed by atoms with Crippen molar-refractivity contribution in [2.24, 2.45) is 0 Å². The van der Waals surface area contributed by atoms with Crippen LogP contribution in [0, 0.1) is 24.0 Å². The smallest absolute Gasteiger partial charge is 0.273 e. The molecule has 1 aliphatic heterocycles. The molecule has 6 heteroatoms. The molecule has 2 aromatic carbocycles. The van der Waals surface area contributed by atoms with Crippen LogP contribution in [0.15, 0.2) is 42.5 Å². The van der Waals surface area contributed by atoms with Crippen LogP contribution in [0.2, 0.25) is 0 Å². The molecule has 136 valence electrons. The van der Waals surface area contributed by atoms with Gasteiger partial charge in [-0.05, 0) is 25.5 Å². The largest absolute Gasteiger partial charge is 0.336 e. The first kappa shape index (κ1) is 18.1. The number of hydrogen-bond acceptors (Lipinski definition) is 4. The number of nitro benzene ring substituents is 1. The van der Waals surface area contributed by atoms with Crippen LogP contribution in [0.1, 0.15) is 27.0 Å². The summed E-state index contributed by atoms with van der Waals surface area (Å²) in [5.74, 6) is -0.136. The van der Waals surface area contributed by atoms with Crippen LogP contribution >= 0.6 is 0 Å². The summed E-state index contributed by atoms with van der Waals surface area (Å²) in [4.78, 5) is 27.4.